The van der Waals surface area contributed by atoms with Crippen molar-refractivity contribution in [1.82, 2.24) is 0 Å². The van der Waals surface area contributed by atoms with Gasteiger partial charge in [-0.3, -0.25) is 0 Å². The van der Waals surface area contributed by atoms with Crippen LogP contribution in [-0.2, 0) is 0 Å². The molecule has 5 fully saturated rings. The highest BCUT2D eigenvalue weighted by atomic mass is 16.3. The topological polar surface area (TPSA) is 20.2 Å². The van der Waals surface area contributed by atoms with Gasteiger partial charge in [0, 0.05) is 5.41 Å². The van der Waals surface area contributed by atoms with E-state index in [4.69, 9.17) is 0 Å². The predicted molar refractivity (Wildman–Crippen MR) is 121 cm³/mol. The molecular weight excluding hydrogens is 352 g/mol. The van der Waals surface area contributed by atoms with E-state index in [9.17, 15) is 5.11 Å². The van der Waals surface area contributed by atoms with E-state index < -0.39 is 0 Å². The molecule has 5 saturated carbocycles. The first-order valence-corrected chi connectivity index (χ1v) is 13.0. The van der Waals surface area contributed by atoms with Gasteiger partial charge in [-0.15, -0.1) is 0 Å². The van der Waals surface area contributed by atoms with Gasteiger partial charge in [-0.25, -0.2) is 0 Å². The maximum Gasteiger partial charge on any atom is 0.0607 e. The molecule has 0 bridgehead atoms. The number of aliphatic hydroxyl groups excluding tert-OH is 1. The van der Waals surface area contributed by atoms with Gasteiger partial charge in [0.1, 0.15) is 0 Å². The molecule has 0 aromatic heterocycles. The van der Waals surface area contributed by atoms with Crippen LogP contribution in [0.1, 0.15) is 92.9 Å². The van der Waals surface area contributed by atoms with Crippen LogP contribution >= 0.6 is 0 Å². The summed E-state index contributed by atoms with van der Waals surface area (Å²) in [4.78, 5) is 0. The van der Waals surface area contributed by atoms with Gasteiger partial charge < -0.3 is 5.11 Å². The third-order valence-corrected chi connectivity index (χ3v) is 12.1. The summed E-state index contributed by atoms with van der Waals surface area (Å²) in [5.41, 5.74) is 1.27. The molecule has 1 spiro atoms. The van der Waals surface area contributed by atoms with Crippen molar-refractivity contribution < 1.29 is 5.11 Å². The molecule has 11 atom stereocenters. The summed E-state index contributed by atoms with van der Waals surface area (Å²) < 4.78 is 0. The Bertz CT molecular complexity index is 680. The molecule has 0 aliphatic heterocycles. The maximum absolute atomic E-state index is 11.3. The fraction of sp³-hybridized carbons (Fsp3) is 0.929. The zero-order chi connectivity index (χ0) is 20.8. The summed E-state index contributed by atoms with van der Waals surface area (Å²) >= 11 is 0. The molecular formula is C28H46O. The van der Waals surface area contributed by atoms with Crippen LogP contribution in [0.3, 0.4) is 0 Å². The fourth-order valence-corrected chi connectivity index (χ4v) is 9.92. The van der Waals surface area contributed by atoms with Gasteiger partial charge >= 0.3 is 0 Å². The Kier molecular flexibility index (Phi) is 4.69. The molecule has 29 heavy (non-hydrogen) atoms. The highest BCUT2D eigenvalue weighted by Gasteiger charge is 2.77. The normalized spacial score (nSPS) is 55.3. The fourth-order valence-electron chi connectivity index (χ4n) is 9.92. The average molecular weight is 399 g/mol. The van der Waals surface area contributed by atoms with E-state index in [0.29, 0.717) is 28.1 Å². The standard InChI is InChI=1S/C28H46O/c1-17(2)18(3)7-8-19(4)22-9-10-23-21-15-25(29)28-16-20(28)11-14-27(28,6)24(21)12-13-26(22,23)5/h7-8,17-25,29H,9-16H2,1-6H3/b8-7+/t18-,19+,20-,21-,22+,23-,24-,25-,26+,27+,28-/m0/s1. The minimum atomic E-state index is -0.00754. The van der Waals surface area contributed by atoms with E-state index >= 15 is 0 Å². The number of allylic oxidation sites excluding steroid dienone is 2. The highest BCUT2D eigenvalue weighted by Crippen LogP contribution is 2.81. The Morgan fingerprint density at radius 3 is 2.34 bits per heavy atom. The third kappa shape index (κ3) is 2.61. The highest BCUT2D eigenvalue weighted by molar-refractivity contribution is 5.25. The van der Waals surface area contributed by atoms with E-state index in [2.05, 4.69) is 53.7 Å². The Morgan fingerprint density at radius 2 is 1.66 bits per heavy atom. The molecule has 5 rings (SSSR count). The van der Waals surface area contributed by atoms with Gasteiger partial charge in [0.25, 0.3) is 0 Å². The molecule has 0 amide bonds. The van der Waals surface area contributed by atoms with E-state index in [1.54, 1.807) is 0 Å². The van der Waals surface area contributed by atoms with Gasteiger partial charge in [0.05, 0.1) is 6.10 Å². The van der Waals surface area contributed by atoms with Gasteiger partial charge in [-0.1, -0.05) is 53.7 Å². The van der Waals surface area contributed by atoms with Crippen molar-refractivity contribution >= 4 is 0 Å². The molecule has 0 aromatic carbocycles. The van der Waals surface area contributed by atoms with Crippen LogP contribution in [0.15, 0.2) is 12.2 Å². The van der Waals surface area contributed by atoms with Crippen LogP contribution in [0.25, 0.3) is 0 Å². The lowest BCUT2D eigenvalue weighted by atomic mass is 9.45. The summed E-state index contributed by atoms with van der Waals surface area (Å²) in [6.45, 7) is 14.8. The van der Waals surface area contributed by atoms with Crippen LogP contribution in [0.4, 0.5) is 0 Å². The molecule has 0 heterocycles. The number of aliphatic hydroxyl groups is 1. The van der Waals surface area contributed by atoms with Crippen molar-refractivity contribution in [3.8, 4) is 0 Å². The summed E-state index contributed by atoms with van der Waals surface area (Å²) in [6.07, 6.45) is 16.0. The van der Waals surface area contributed by atoms with Crippen molar-refractivity contribution in [2.75, 3.05) is 0 Å². The van der Waals surface area contributed by atoms with Crippen LogP contribution in [0, 0.1) is 63.6 Å². The van der Waals surface area contributed by atoms with Crippen molar-refractivity contribution in [3.63, 3.8) is 0 Å². The van der Waals surface area contributed by atoms with Crippen molar-refractivity contribution in [2.24, 2.45) is 63.6 Å². The predicted octanol–water partition coefficient (Wildman–Crippen LogP) is 7.10. The number of hydrogen-bond acceptors (Lipinski definition) is 1. The van der Waals surface area contributed by atoms with Crippen LogP contribution in [-0.4, -0.2) is 11.2 Å². The first-order valence-electron chi connectivity index (χ1n) is 13.0. The third-order valence-electron chi connectivity index (χ3n) is 12.1. The van der Waals surface area contributed by atoms with Gasteiger partial charge in [-0.05, 0) is 110 Å². The molecule has 5 aliphatic carbocycles. The minimum Gasteiger partial charge on any atom is -0.393 e. The average Bonchev–Trinajstić information content (AvgIpc) is 3.20. The molecule has 1 heteroatoms. The molecule has 0 unspecified atom stereocenters. The van der Waals surface area contributed by atoms with E-state index in [-0.39, 0.29) is 6.10 Å². The van der Waals surface area contributed by atoms with Crippen LogP contribution < -0.4 is 0 Å². The summed E-state index contributed by atoms with van der Waals surface area (Å²) in [5, 5.41) is 11.3. The molecule has 0 radical (unpaired) electrons. The van der Waals surface area contributed by atoms with Crippen LogP contribution in [0.2, 0.25) is 0 Å². The van der Waals surface area contributed by atoms with Crippen molar-refractivity contribution in [2.45, 2.75) is 99.0 Å². The molecule has 1 nitrogen and oxygen atoms in total. The lowest BCUT2D eigenvalue weighted by Crippen LogP contribution is -2.56. The SMILES string of the molecule is CC(C)[C@@H](C)/C=C/[C@@H](C)[C@H]1CC[C@H]2[C@@H]3C[C@H](O)[C@]45C[C@@H]4CC[C@]5(C)[C@H]3CC[C@]12C. The Hall–Kier alpha value is -0.300. The maximum atomic E-state index is 11.3. The van der Waals surface area contributed by atoms with Crippen LogP contribution in [0.5, 0.6) is 0 Å². The quantitative estimate of drug-likeness (QED) is 0.501. The Labute approximate surface area is 180 Å². The summed E-state index contributed by atoms with van der Waals surface area (Å²) in [5.74, 6) is 6.33. The Balaban J connectivity index is 1.37. The zero-order valence-electron chi connectivity index (χ0n) is 20.0. The Morgan fingerprint density at radius 1 is 0.897 bits per heavy atom. The summed E-state index contributed by atoms with van der Waals surface area (Å²) in [6, 6.07) is 0. The van der Waals surface area contributed by atoms with E-state index in [1.807, 2.05) is 0 Å². The zero-order valence-corrected chi connectivity index (χ0v) is 20.0. The second-order valence-corrected chi connectivity index (χ2v) is 13.1. The summed E-state index contributed by atoms with van der Waals surface area (Å²) in [7, 11) is 0. The van der Waals surface area contributed by atoms with Gasteiger partial charge in [0.15, 0.2) is 0 Å². The smallest absolute Gasteiger partial charge is 0.0607 e. The molecule has 1 N–H and O–H groups in total. The van der Waals surface area contributed by atoms with Crippen molar-refractivity contribution in [3.05, 3.63) is 12.2 Å². The monoisotopic (exact) mass is 398 g/mol. The minimum absolute atomic E-state index is 0.00754. The van der Waals surface area contributed by atoms with E-state index in [1.165, 1.54) is 44.9 Å². The molecule has 164 valence electrons. The largest absolute Gasteiger partial charge is 0.393 e. The van der Waals surface area contributed by atoms with Gasteiger partial charge in [-0.2, -0.15) is 0 Å². The number of hydrogen-bond donors (Lipinski definition) is 1. The molecule has 0 saturated heterocycles. The first-order chi connectivity index (χ1) is 13.6. The first kappa shape index (κ1) is 20.6. The number of rotatable bonds is 4. The van der Waals surface area contributed by atoms with Gasteiger partial charge in [0.2, 0.25) is 0 Å². The molecule has 5 aliphatic rings. The second-order valence-electron chi connectivity index (χ2n) is 13.1. The molecule has 0 aromatic rings. The second kappa shape index (κ2) is 6.60. The lowest BCUT2D eigenvalue weighted by molar-refractivity contribution is -0.151. The lowest BCUT2D eigenvalue weighted by Gasteiger charge is -2.60. The van der Waals surface area contributed by atoms with E-state index in [0.717, 1.165) is 41.9 Å². The van der Waals surface area contributed by atoms with Crippen molar-refractivity contribution in [1.29, 1.82) is 0 Å². The number of fused-ring (bicyclic) bond motifs is 4.